The van der Waals surface area contributed by atoms with Crippen LogP contribution in [0.25, 0.3) is 0 Å². The number of aromatic nitrogens is 2. The SMILES string of the molecule is Cc1c(CN(C)CCC(N)C(C)C)cnn1CC(F)F. The average molecular weight is 288 g/mol. The van der Waals surface area contributed by atoms with Gasteiger partial charge in [0.25, 0.3) is 6.43 Å². The van der Waals surface area contributed by atoms with Gasteiger partial charge in [-0.1, -0.05) is 13.8 Å². The third-order valence-electron chi connectivity index (χ3n) is 3.66. The van der Waals surface area contributed by atoms with Crippen LogP contribution < -0.4 is 5.73 Å². The summed E-state index contributed by atoms with van der Waals surface area (Å²) in [5.41, 5.74) is 7.82. The Morgan fingerprint density at radius 3 is 2.60 bits per heavy atom. The molecule has 1 aromatic rings. The molecule has 0 aliphatic rings. The van der Waals surface area contributed by atoms with E-state index in [4.69, 9.17) is 5.73 Å². The second-order valence-corrected chi connectivity index (χ2v) is 5.76. The number of rotatable bonds is 8. The molecule has 0 aliphatic carbocycles. The molecule has 0 radical (unpaired) electrons. The van der Waals surface area contributed by atoms with Gasteiger partial charge < -0.3 is 10.6 Å². The fourth-order valence-corrected chi connectivity index (χ4v) is 2.03. The molecule has 6 heteroatoms. The van der Waals surface area contributed by atoms with Gasteiger partial charge in [0.15, 0.2) is 0 Å². The molecule has 116 valence electrons. The Morgan fingerprint density at radius 2 is 2.05 bits per heavy atom. The van der Waals surface area contributed by atoms with Crippen molar-refractivity contribution >= 4 is 0 Å². The van der Waals surface area contributed by atoms with Crippen LogP contribution in [0.5, 0.6) is 0 Å². The van der Waals surface area contributed by atoms with E-state index in [-0.39, 0.29) is 12.6 Å². The molecule has 1 atom stereocenters. The summed E-state index contributed by atoms with van der Waals surface area (Å²) < 4.78 is 26.1. The van der Waals surface area contributed by atoms with Crippen molar-refractivity contribution in [1.82, 2.24) is 14.7 Å². The van der Waals surface area contributed by atoms with Gasteiger partial charge in [0.2, 0.25) is 0 Å². The van der Waals surface area contributed by atoms with E-state index in [0.29, 0.717) is 12.5 Å². The first-order valence-electron chi connectivity index (χ1n) is 7.04. The second kappa shape index (κ2) is 7.69. The molecular weight excluding hydrogens is 262 g/mol. The normalized spacial score (nSPS) is 13.7. The minimum absolute atomic E-state index is 0.195. The molecule has 1 heterocycles. The Kier molecular flexibility index (Phi) is 6.55. The summed E-state index contributed by atoms with van der Waals surface area (Å²) in [6.45, 7) is 7.32. The maximum absolute atomic E-state index is 12.4. The third kappa shape index (κ3) is 5.17. The highest BCUT2D eigenvalue weighted by molar-refractivity contribution is 5.15. The summed E-state index contributed by atoms with van der Waals surface area (Å²) >= 11 is 0. The van der Waals surface area contributed by atoms with Crippen LogP contribution in [-0.4, -0.2) is 40.7 Å². The highest BCUT2D eigenvalue weighted by Gasteiger charge is 2.13. The zero-order valence-electron chi connectivity index (χ0n) is 12.8. The van der Waals surface area contributed by atoms with Crippen LogP contribution in [0.1, 0.15) is 31.5 Å². The van der Waals surface area contributed by atoms with Crippen molar-refractivity contribution in [3.63, 3.8) is 0 Å². The maximum Gasteiger partial charge on any atom is 0.257 e. The van der Waals surface area contributed by atoms with Crippen LogP contribution >= 0.6 is 0 Å². The molecule has 0 aliphatic heterocycles. The van der Waals surface area contributed by atoms with Crippen molar-refractivity contribution in [2.45, 2.75) is 52.7 Å². The van der Waals surface area contributed by atoms with Gasteiger partial charge in [-0.15, -0.1) is 0 Å². The Balaban J connectivity index is 2.50. The minimum Gasteiger partial charge on any atom is -0.327 e. The van der Waals surface area contributed by atoms with Gasteiger partial charge in [-0.3, -0.25) is 4.68 Å². The van der Waals surface area contributed by atoms with E-state index in [1.807, 2.05) is 14.0 Å². The highest BCUT2D eigenvalue weighted by atomic mass is 19.3. The molecule has 20 heavy (non-hydrogen) atoms. The first kappa shape index (κ1) is 17.0. The number of alkyl halides is 2. The van der Waals surface area contributed by atoms with Crippen LogP contribution in [0.2, 0.25) is 0 Å². The summed E-state index contributed by atoms with van der Waals surface area (Å²) in [4.78, 5) is 2.15. The maximum atomic E-state index is 12.4. The Bertz CT molecular complexity index is 404. The van der Waals surface area contributed by atoms with Crippen LogP contribution in [0, 0.1) is 12.8 Å². The quantitative estimate of drug-likeness (QED) is 0.798. The molecule has 0 aromatic carbocycles. The average Bonchev–Trinajstić information content (AvgIpc) is 2.68. The fraction of sp³-hybridized carbons (Fsp3) is 0.786. The first-order chi connectivity index (χ1) is 9.31. The van der Waals surface area contributed by atoms with Crippen LogP contribution in [0.4, 0.5) is 8.78 Å². The number of hydrogen-bond donors (Lipinski definition) is 1. The molecule has 1 rings (SSSR count). The predicted octanol–water partition coefficient (Wildman–Crippen LogP) is 2.26. The van der Waals surface area contributed by atoms with E-state index in [1.54, 1.807) is 6.20 Å². The van der Waals surface area contributed by atoms with Crippen molar-refractivity contribution in [2.75, 3.05) is 13.6 Å². The van der Waals surface area contributed by atoms with Crippen LogP contribution in [0.15, 0.2) is 6.20 Å². The summed E-state index contributed by atoms with van der Waals surface area (Å²) in [5, 5.41) is 4.02. The Hall–Kier alpha value is -1.01. The molecule has 2 N–H and O–H groups in total. The number of nitrogens with two attached hydrogens (primary N) is 1. The largest absolute Gasteiger partial charge is 0.327 e. The molecule has 0 spiro atoms. The molecule has 0 saturated carbocycles. The highest BCUT2D eigenvalue weighted by Crippen LogP contribution is 2.12. The van der Waals surface area contributed by atoms with E-state index in [1.165, 1.54) is 4.68 Å². The molecule has 1 unspecified atom stereocenters. The zero-order chi connectivity index (χ0) is 15.3. The van der Waals surface area contributed by atoms with Crippen LogP contribution in [-0.2, 0) is 13.1 Å². The summed E-state index contributed by atoms with van der Waals surface area (Å²) in [6, 6.07) is 0.195. The Labute approximate surface area is 119 Å². The lowest BCUT2D eigenvalue weighted by Gasteiger charge is -2.21. The van der Waals surface area contributed by atoms with Gasteiger partial charge in [-0.2, -0.15) is 5.10 Å². The summed E-state index contributed by atoms with van der Waals surface area (Å²) in [7, 11) is 2.01. The Morgan fingerprint density at radius 1 is 1.40 bits per heavy atom. The number of halogens is 2. The van der Waals surface area contributed by atoms with E-state index < -0.39 is 6.43 Å². The first-order valence-corrected chi connectivity index (χ1v) is 7.04. The number of hydrogen-bond acceptors (Lipinski definition) is 3. The standard InChI is InChI=1S/C14H26F2N4/c1-10(2)13(17)5-6-19(4)8-12-7-18-20(11(12)3)9-14(15)16/h7,10,13-14H,5-6,8-9,17H2,1-4H3. The van der Waals surface area contributed by atoms with Gasteiger partial charge in [-0.25, -0.2) is 8.78 Å². The molecule has 0 fully saturated rings. The van der Waals surface area contributed by atoms with Crippen molar-refractivity contribution in [3.05, 3.63) is 17.5 Å². The summed E-state index contributed by atoms with van der Waals surface area (Å²) in [6.07, 6.45) is 0.234. The van der Waals surface area contributed by atoms with Gasteiger partial charge >= 0.3 is 0 Å². The third-order valence-corrected chi connectivity index (χ3v) is 3.66. The number of nitrogens with zero attached hydrogens (tertiary/aromatic N) is 3. The molecule has 0 saturated heterocycles. The van der Waals surface area contributed by atoms with Gasteiger partial charge in [-0.05, 0) is 32.9 Å². The lowest BCUT2D eigenvalue weighted by molar-refractivity contribution is 0.121. The van der Waals surface area contributed by atoms with E-state index in [0.717, 1.165) is 24.2 Å². The smallest absolute Gasteiger partial charge is 0.257 e. The molecular formula is C14H26F2N4. The van der Waals surface area contributed by atoms with E-state index in [9.17, 15) is 8.78 Å². The lowest BCUT2D eigenvalue weighted by Crippen LogP contribution is -2.31. The van der Waals surface area contributed by atoms with Gasteiger partial charge in [0, 0.05) is 23.8 Å². The van der Waals surface area contributed by atoms with Crippen LogP contribution in [0.3, 0.4) is 0 Å². The topological polar surface area (TPSA) is 47.1 Å². The van der Waals surface area contributed by atoms with Crippen molar-refractivity contribution < 1.29 is 8.78 Å². The molecule has 0 amide bonds. The minimum atomic E-state index is -2.37. The van der Waals surface area contributed by atoms with Crippen molar-refractivity contribution in [2.24, 2.45) is 11.7 Å². The fourth-order valence-electron chi connectivity index (χ4n) is 2.03. The molecule has 1 aromatic heterocycles. The van der Waals surface area contributed by atoms with Crippen molar-refractivity contribution in [1.29, 1.82) is 0 Å². The zero-order valence-corrected chi connectivity index (χ0v) is 12.8. The summed E-state index contributed by atoms with van der Waals surface area (Å²) in [5.74, 6) is 0.471. The van der Waals surface area contributed by atoms with E-state index in [2.05, 4.69) is 23.8 Å². The van der Waals surface area contributed by atoms with Gasteiger partial charge in [0.1, 0.15) is 6.54 Å². The second-order valence-electron chi connectivity index (χ2n) is 5.76. The molecule has 4 nitrogen and oxygen atoms in total. The predicted molar refractivity (Wildman–Crippen MR) is 76.7 cm³/mol. The van der Waals surface area contributed by atoms with Gasteiger partial charge in [0.05, 0.1) is 6.20 Å². The monoisotopic (exact) mass is 288 g/mol. The lowest BCUT2D eigenvalue weighted by atomic mass is 10.0. The van der Waals surface area contributed by atoms with E-state index >= 15 is 0 Å². The molecule has 0 bridgehead atoms. The van der Waals surface area contributed by atoms with Crippen molar-refractivity contribution in [3.8, 4) is 0 Å².